The number of halogens is 1. The van der Waals surface area contributed by atoms with Crippen molar-refractivity contribution in [2.45, 2.75) is 19.8 Å². The predicted molar refractivity (Wildman–Crippen MR) is 98.3 cm³/mol. The van der Waals surface area contributed by atoms with Gasteiger partial charge in [-0.05, 0) is 18.8 Å². The van der Waals surface area contributed by atoms with Crippen LogP contribution in [0, 0.1) is 5.92 Å². The van der Waals surface area contributed by atoms with Gasteiger partial charge in [-0.15, -0.1) is 5.10 Å². The highest BCUT2D eigenvalue weighted by Crippen LogP contribution is 2.37. The number of nitrogens with one attached hydrogen (secondary N) is 1. The first kappa shape index (κ1) is 17.5. The topological polar surface area (TPSA) is 72.4 Å². The zero-order valence-electron chi connectivity index (χ0n) is 14.6. The standard InChI is InChI=1S/C17H22ClN5O2/c1-11-5-4-6-23(10-11)17-21-16(9-19-22-17)20-13-8-14(24-2)12(18)7-15(13)25-3/h7-9,11H,4-6,10H2,1-3H3,(H,20,21,22). The first-order valence-electron chi connectivity index (χ1n) is 8.24. The minimum Gasteiger partial charge on any atom is -0.495 e. The van der Waals surface area contributed by atoms with Gasteiger partial charge in [0.15, 0.2) is 5.82 Å². The van der Waals surface area contributed by atoms with Crippen molar-refractivity contribution in [1.82, 2.24) is 15.2 Å². The van der Waals surface area contributed by atoms with E-state index in [-0.39, 0.29) is 0 Å². The lowest BCUT2D eigenvalue weighted by Gasteiger charge is -2.30. The Kier molecular flexibility index (Phi) is 5.43. The largest absolute Gasteiger partial charge is 0.495 e. The third-order valence-corrected chi connectivity index (χ3v) is 4.52. The lowest BCUT2D eigenvalue weighted by molar-refractivity contribution is 0.405. The predicted octanol–water partition coefficient (Wildman–Crippen LogP) is 3.52. The summed E-state index contributed by atoms with van der Waals surface area (Å²) >= 11 is 6.15. The molecule has 0 aliphatic carbocycles. The molecule has 1 aliphatic rings. The summed E-state index contributed by atoms with van der Waals surface area (Å²) in [5.41, 5.74) is 0.696. The maximum Gasteiger partial charge on any atom is 0.247 e. The summed E-state index contributed by atoms with van der Waals surface area (Å²) in [5, 5.41) is 12.0. The summed E-state index contributed by atoms with van der Waals surface area (Å²) in [6, 6.07) is 3.47. The monoisotopic (exact) mass is 363 g/mol. The van der Waals surface area contributed by atoms with Crippen molar-refractivity contribution < 1.29 is 9.47 Å². The van der Waals surface area contributed by atoms with E-state index in [0.29, 0.717) is 39.9 Å². The molecule has 7 nitrogen and oxygen atoms in total. The van der Waals surface area contributed by atoms with E-state index >= 15 is 0 Å². The summed E-state index contributed by atoms with van der Waals surface area (Å²) in [7, 11) is 3.15. The average molecular weight is 364 g/mol. The molecule has 1 aromatic carbocycles. The van der Waals surface area contributed by atoms with Crippen molar-refractivity contribution >= 4 is 29.1 Å². The van der Waals surface area contributed by atoms with Crippen molar-refractivity contribution in [2.24, 2.45) is 5.92 Å². The fraction of sp³-hybridized carbons (Fsp3) is 0.471. The van der Waals surface area contributed by atoms with Gasteiger partial charge in [0, 0.05) is 25.2 Å². The van der Waals surface area contributed by atoms with E-state index in [1.54, 1.807) is 32.5 Å². The first-order chi connectivity index (χ1) is 12.1. The smallest absolute Gasteiger partial charge is 0.247 e. The highest BCUT2D eigenvalue weighted by atomic mass is 35.5. The number of methoxy groups -OCH3 is 2. The van der Waals surface area contributed by atoms with Gasteiger partial charge in [0.05, 0.1) is 31.1 Å². The van der Waals surface area contributed by atoms with Crippen LogP contribution in [0.2, 0.25) is 5.02 Å². The Morgan fingerprint density at radius 3 is 2.76 bits per heavy atom. The van der Waals surface area contributed by atoms with Gasteiger partial charge in [0.25, 0.3) is 0 Å². The molecular formula is C17H22ClN5O2. The molecule has 134 valence electrons. The Labute approximate surface area is 152 Å². The van der Waals surface area contributed by atoms with Crippen molar-refractivity contribution in [3.63, 3.8) is 0 Å². The molecular weight excluding hydrogens is 342 g/mol. The van der Waals surface area contributed by atoms with Crippen LogP contribution in [0.4, 0.5) is 17.5 Å². The summed E-state index contributed by atoms with van der Waals surface area (Å²) in [4.78, 5) is 6.76. The van der Waals surface area contributed by atoms with Crippen LogP contribution in [0.25, 0.3) is 0 Å². The zero-order valence-corrected chi connectivity index (χ0v) is 15.4. The van der Waals surface area contributed by atoms with Crippen LogP contribution in [-0.2, 0) is 0 Å². The van der Waals surface area contributed by atoms with Crippen LogP contribution in [0.1, 0.15) is 19.8 Å². The molecule has 1 N–H and O–H groups in total. The van der Waals surface area contributed by atoms with E-state index in [9.17, 15) is 0 Å². The van der Waals surface area contributed by atoms with Gasteiger partial charge in [0.1, 0.15) is 11.5 Å². The molecule has 3 rings (SSSR count). The Bertz CT molecular complexity index is 743. The van der Waals surface area contributed by atoms with Gasteiger partial charge in [-0.25, -0.2) is 0 Å². The number of nitrogens with zero attached hydrogens (tertiary/aromatic N) is 4. The van der Waals surface area contributed by atoms with Crippen molar-refractivity contribution in [3.8, 4) is 11.5 Å². The molecule has 8 heteroatoms. The SMILES string of the molecule is COc1cc(Nc2cnnc(N3CCCC(C)C3)n2)c(OC)cc1Cl. The fourth-order valence-electron chi connectivity index (χ4n) is 2.96. The lowest BCUT2D eigenvalue weighted by atomic mass is 10.0. The maximum atomic E-state index is 6.15. The zero-order chi connectivity index (χ0) is 17.8. The second-order valence-corrected chi connectivity index (χ2v) is 6.55. The quantitative estimate of drug-likeness (QED) is 0.871. The molecule has 1 aromatic heterocycles. The molecule has 1 saturated heterocycles. The third kappa shape index (κ3) is 4.04. The minimum absolute atomic E-state index is 0.480. The van der Waals surface area contributed by atoms with Gasteiger partial charge in [-0.2, -0.15) is 10.1 Å². The molecule has 0 saturated carbocycles. The molecule has 0 spiro atoms. The number of anilines is 3. The Hall–Kier alpha value is -2.28. The van der Waals surface area contributed by atoms with Crippen molar-refractivity contribution in [3.05, 3.63) is 23.4 Å². The molecule has 1 aliphatic heterocycles. The molecule has 2 aromatic rings. The molecule has 0 amide bonds. The van der Waals surface area contributed by atoms with E-state index in [0.717, 1.165) is 19.5 Å². The summed E-state index contributed by atoms with van der Waals surface area (Å²) in [6.07, 6.45) is 3.96. The van der Waals surface area contributed by atoms with Crippen LogP contribution >= 0.6 is 11.6 Å². The number of piperidine rings is 1. The van der Waals surface area contributed by atoms with Crippen LogP contribution in [0.3, 0.4) is 0 Å². The average Bonchev–Trinajstić information content (AvgIpc) is 2.63. The fourth-order valence-corrected chi connectivity index (χ4v) is 3.19. The number of hydrogen-bond donors (Lipinski definition) is 1. The van der Waals surface area contributed by atoms with Crippen molar-refractivity contribution in [1.29, 1.82) is 0 Å². The first-order valence-corrected chi connectivity index (χ1v) is 8.61. The highest BCUT2D eigenvalue weighted by molar-refractivity contribution is 6.32. The van der Waals surface area contributed by atoms with E-state index in [4.69, 9.17) is 21.1 Å². The summed E-state index contributed by atoms with van der Waals surface area (Å²) in [5.74, 6) is 3.01. The molecule has 0 bridgehead atoms. The summed E-state index contributed by atoms with van der Waals surface area (Å²) < 4.78 is 10.7. The highest BCUT2D eigenvalue weighted by Gasteiger charge is 2.19. The van der Waals surface area contributed by atoms with E-state index in [2.05, 4.69) is 32.3 Å². The summed E-state index contributed by atoms with van der Waals surface area (Å²) in [6.45, 7) is 4.14. The number of ether oxygens (including phenoxy) is 2. The van der Waals surface area contributed by atoms with Gasteiger partial charge in [0.2, 0.25) is 5.95 Å². The van der Waals surface area contributed by atoms with Crippen LogP contribution < -0.4 is 19.7 Å². The Morgan fingerprint density at radius 1 is 1.24 bits per heavy atom. The van der Waals surface area contributed by atoms with Crippen LogP contribution in [0.15, 0.2) is 18.3 Å². The van der Waals surface area contributed by atoms with Gasteiger partial charge >= 0.3 is 0 Å². The van der Waals surface area contributed by atoms with E-state index < -0.39 is 0 Å². The van der Waals surface area contributed by atoms with Crippen molar-refractivity contribution in [2.75, 3.05) is 37.5 Å². The third-order valence-electron chi connectivity index (χ3n) is 4.22. The van der Waals surface area contributed by atoms with Gasteiger partial charge in [-0.1, -0.05) is 18.5 Å². The Morgan fingerprint density at radius 2 is 2.04 bits per heavy atom. The lowest BCUT2D eigenvalue weighted by Crippen LogP contribution is -2.35. The number of benzene rings is 1. The molecule has 2 heterocycles. The van der Waals surface area contributed by atoms with E-state index in [1.807, 2.05) is 0 Å². The van der Waals surface area contributed by atoms with Crippen LogP contribution in [0.5, 0.6) is 11.5 Å². The number of hydrogen-bond acceptors (Lipinski definition) is 7. The van der Waals surface area contributed by atoms with Gasteiger partial charge in [-0.3, -0.25) is 0 Å². The normalized spacial score (nSPS) is 17.3. The second kappa shape index (κ2) is 7.74. The maximum absolute atomic E-state index is 6.15. The molecule has 1 fully saturated rings. The molecule has 1 unspecified atom stereocenters. The Balaban J connectivity index is 1.85. The number of aromatic nitrogens is 3. The second-order valence-electron chi connectivity index (χ2n) is 6.15. The number of rotatable bonds is 5. The molecule has 1 atom stereocenters. The molecule has 0 radical (unpaired) electrons. The molecule has 25 heavy (non-hydrogen) atoms. The van der Waals surface area contributed by atoms with E-state index in [1.165, 1.54) is 6.42 Å². The van der Waals surface area contributed by atoms with Crippen LogP contribution in [-0.4, -0.2) is 42.5 Å². The minimum atomic E-state index is 0.480. The van der Waals surface area contributed by atoms with Gasteiger partial charge < -0.3 is 19.7 Å².